The number of aromatic nitrogens is 3. The molecule has 2 aromatic heterocycles. The largest absolute Gasteiger partial charge is 0.493 e. The maximum atomic E-state index is 12.6. The van der Waals surface area contributed by atoms with E-state index in [1.807, 2.05) is 31.2 Å². The van der Waals surface area contributed by atoms with Crippen LogP contribution in [0, 0.1) is 0 Å². The van der Waals surface area contributed by atoms with Gasteiger partial charge in [-0.05, 0) is 43.2 Å². The summed E-state index contributed by atoms with van der Waals surface area (Å²) in [7, 11) is 1.60. The molecule has 0 saturated carbocycles. The number of methoxy groups -OCH3 is 1. The summed E-state index contributed by atoms with van der Waals surface area (Å²) in [5, 5.41) is 0.525. The standard InChI is InChI=1S/C22H23ClN4O3/c1-3-30-20-17(23)9-14(10-19(20)29-2)12-27-8-6-16-18(13-27)25-21(26-22(16)28)15-5-4-7-24-11-15/h4-5,7,9-11H,3,6,8,12-13H2,1-2H3,(H,25,26,28). The summed E-state index contributed by atoms with van der Waals surface area (Å²) in [6, 6.07) is 7.55. The molecule has 1 N–H and O–H groups in total. The first-order valence-electron chi connectivity index (χ1n) is 9.83. The van der Waals surface area contributed by atoms with Crippen molar-refractivity contribution in [3.8, 4) is 22.9 Å². The number of aromatic amines is 1. The summed E-state index contributed by atoms with van der Waals surface area (Å²) in [6.45, 7) is 4.43. The molecule has 0 bridgehead atoms. The highest BCUT2D eigenvalue weighted by atomic mass is 35.5. The fourth-order valence-electron chi connectivity index (χ4n) is 3.68. The Hall–Kier alpha value is -2.90. The molecule has 1 aliphatic rings. The average Bonchev–Trinajstić information content (AvgIpc) is 2.76. The van der Waals surface area contributed by atoms with Gasteiger partial charge in [-0.3, -0.25) is 14.7 Å². The number of H-pyrrole nitrogens is 1. The molecule has 0 saturated heterocycles. The Bertz CT molecular complexity index is 1100. The summed E-state index contributed by atoms with van der Waals surface area (Å²) in [5.41, 5.74) is 3.27. The summed E-state index contributed by atoms with van der Waals surface area (Å²) < 4.78 is 11.0. The van der Waals surface area contributed by atoms with E-state index in [4.69, 9.17) is 26.1 Å². The number of nitrogens with one attached hydrogen (secondary N) is 1. The van der Waals surface area contributed by atoms with Gasteiger partial charge in [0.05, 0.1) is 24.4 Å². The van der Waals surface area contributed by atoms with E-state index < -0.39 is 0 Å². The van der Waals surface area contributed by atoms with Gasteiger partial charge in [-0.15, -0.1) is 0 Å². The van der Waals surface area contributed by atoms with Gasteiger partial charge >= 0.3 is 0 Å². The molecule has 1 aliphatic heterocycles. The summed E-state index contributed by atoms with van der Waals surface area (Å²) >= 11 is 6.41. The summed E-state index contributed by atoms with van der Waals surface area (Å²) in [6.07, 6.45) is 4.03. The quantitative estimate of drug-likeness (QED) is 0.650. The van der Waals surface area contributed by atoms with Gasteiger partial charge in [0, 0.05) is 43.2 Å². The topological polar surface area (TPSA) is 80.3 Å². The van der Waals surface area contributed by atoms with Crippen LogP contribution >= 0.6 is 11.6 Å². The average molecular weight is 427 g/mol. The molecule has 0 spiro atoms. The van der Waals surface area contributed by atoms with Crippen molar-refractivity contribution >= 4 is 11.6 Å². The number of hydrogen-bond acceptors (Lipinski definition) is 6. The summed E-state index contributed by atoms with van der Waals surface area (Å²) in [5.74, 6) is 1.72. The van der Waals surface area contributed by atoms with Gasteiger partial charge in [-0.2, -0.15) is 0 Å². The van der Waals surface area contributed by atoms with E-state index in [9.17, 15) is 4.79 Å². The van der Waals surface area contributed by atoms with Gasteiger partial charge < -0.3 is 14.5 Å². The molecule has 4 rings (SSSR count). The lowest BCUT2D eigenvalue weighted by molar-refractivity contribution is 0.240. The first-order chi connectivity index (χ1) is 14.6. The first kappa shape index (κ1) is 20.4. The molecule has 156 valence electrons. The molecule has 1 aromatic carbocycles. The number of benzene rings is 1. The lowest BCUT2D eigenvalue weighted by atomic mass is 10.0. The minimum Gasteiger partial charge on any atom is -0.493 e. The second-order valence-electron chi connectivity index (χ2n) is 7.08. The predicted molar refractivity (Wildman–Crippen MR) is 115 cm³/mol. The number of rotatable bonds is 6. The van der Waals surface area contributed by atoms with Crippen molar-refractivity contribution in [1.82, 2.24) is 19.9 Å². The lowest BCUT2D eigenvalue weighted by Crippen LogP contribution is -2.35. The summed E-state index contributed by atoms with van der Waals surface area (Å²) in [4.78, 5) is 26.5. The third-order valence-corrected chi connectivity index (χ3v) is 5.35. The van der Waals surface area contributed by atoms with E-state index in [1.165, 1.54) is 0 Å². The van der Waals surface area contributed by atoms with Crippen LogP contribution in [0.5, 0.6) is 11.5 Å². The molecule has 30 heavy (non-hydrogen) atoms. The van der Waals surface area contributed by atoms with Crippen LogP contribution in [-0.4, -0.2) is 40.1 Å². The Morgan fingerprint density at radius 2 is 2.20 bits per heavy atom. The molecule has 0 amide bonds. The van der Waals surface area contributed by atoms with Crippen LogP contribution in [0.1, 0.15) is 23.7 Å². The molecule has 0 atom stereocenters. The molecule has 3 heterocycles. The Kier molecular flexibility index (Phi) is 6.01. The molecule has 8 heteroatoms. The Morgan fingerprint density at radius 3 is 2.93 bits per heavy atom. The van der Waals surface area contributed by atoms with Crippen LogP contribution in [0.2, 0.25) is 5.02 Å². The molecule has 0 radical (unpaired) electrons. The third kappa shape index (κ3) is 4.17. The monoisotopic (exact) mass is 426 g/mol. The van der Waals surface area contributed by atoms with E-state index >= 15 is 0 Å². The number of nitrogens with zero attached hydrogens (tertiary/aromatic N) is 3. The van der Waals surface area contributed by atoms with E-state index in [0.29, 0.717) is 48.5 Å². The Morgan fingerprint density at radius 1 is 1.33 bits per heavy atom. The van der Waals surface area contributed by atoms with Gasteiger partial charge in [-0.25, -0.2) is 4.98 Å². The van der Waals surface area contributed by atoms with Crippen molar-refractivity contribution < 1.29 is 9.47 Å². The molecule has 3 aromatic rings. The highest BCUT2D eigenvalue weighted by Gasteiger charge is 2.22. The Labute approximate surface area is 179 Å². The molecule has 0 aliphatic carbocycles. The van der Waals surface area contributed by atoms with Crippen molar-refractivity contribution in [2.24, 2.45) is 0 Å². The van der Waals surface area contributed by atoms with E-state index in [2.05, 4.69) is 14.9 Å². The highest BCUT2D eigenvalue weighted by Crippen LogP contribution is 2.37. The Balaban J connectivity index is 1.58. The SMILES string of the molecule is CCOc1c(Cl)cc(CN2CCc3c(nc(-c4cccnc4)[nH]c3=O)C2)cc1OC. The van der Waals surface area contributed by atoms with Crippen molar-refractivity contribution in [2.75, 3.05) is 20.3 Å². The first-order valence-corrected chi connectivity index (χ1v) is 10.2. The number of halogens is 1. The highest BCUT2D eigenvalue weighted by molar-refractivity contribution is 6.32. The molecule has 7 nitrogen and oxygen atoms in total. The maximum Gasteiger partial charge on any atom is 0.254 e. The fourth-order valence-corrected chi connectivity index (χ4v) is 3.96. The van der Waals surface area contributed by atoms with E-state index in [1.54, 1.807) is 19.5 Å². The van der Waals surface area contributed by atoms with E-state index in [0.717, 1.165) is 28.9 Å². The number of hydrogen-bond donors (Lipinski definition) is 1. The van der Waals surface area contributed by atoms with Crippen molar-refractivity contribution in [2.45, 2.75) is 26.4 Å². The second-order valence-corrected chi connectivity index (χ2v) is 7.49. The van der Waals surface area contributed by atoms with Gasteiger partial charge in [0.2, 0.25) is 0 Å². The van der Waals surface area contributed by atoms with Gasteiger partial charge in [0.1, 0.15) is 5.82 Å². The second kappa shape index (κ2) is 8.85. The van der Waals surface area contributed by atoms with Crippen molar-refractivity contribution in [1.29, 1.82) is 0 Å². The minimum absolute atomic E-state index is 0.0794. The van der Waals surface area contributed by atoms with Crippen molar-refractivity contribution in [3.05, 3.63) is 68.9 Å². The molecule has 0 unspecified atom stereocenters. The number of ether oxygens (including phenoxy) is 2. The third-order valence-electron chi connectivity index (χ3n) is 5.07. The number of pyridine rings is 1. The van der Waals surface area contributed by atoms with Gasteiger partial charge in [0.15, 0.2) is 11.5 Å². The molecular formula is C22H23ClN4O3. The molecular weight excluding hydrogens is 404 g/mol. The van der Waals surface area contributed by atoms with Crippen LogP contribution in [0.3, 0.4) is 0 Å². The smallest absolute Gasteiger partial charge is 0.254 e. The minimum atomic E-state index is -0.0794. The van der Waals surface area contributed by atoms with E-state index in [-0.39, 0.29) is 5.56 Å². The maximum absolute atomic E-state index is 12.6. The van der Waals surface area contributed by atoms with Crippen LogP contribution in [-0.2, 0) is 19.5 Å². The zero-order valence-corrected chi connectivity index (χ0v) is 17.7. The fraction of sp³-hybridized carbons (Fsp3) is 0.318. The lowest BCUT2D eigenvalue weighted by Gasteiger charge is -2.28. The zero-order valence-electron chi connectivity index (χ0n) is 16.9. The van der Waals surface area contributed by atoms with Crippen LogP contribution in [0.4, 0.5) is 0 Å². The van der Waals surface area contributed by atoms with Crippen LogP contribution in [0.15, 0.2) is 41.5 Å². The zero-order chi connectivity index (χ0) is 21.1. The van der Waals surface area contributed by atoms with Gasteiger partial charge in [0.25, 0.3) is 5.56 Å². The van der Waals surface area contributed by atoms with Crippen LogP contribution < -0.4 is 15.0 Å². The number of fused-ring (bicyclic) bond motifs is 1. The molecule has 0 fully saturated rings. The van der Waals surface area contributed by atoms with Crippen molar-refractivity contribution in [3.63, 3.8) is 0 Å². The normalized spacial score (nSPS) is 13.7. The van der Waals surface area contributed by atoms with Gasteiger partial charge in [-0.1, -0.05) is 11.6 Å². The predicted octanol–water partition coefficient (Wildman–Crippen LogP) is 3.45. The van der Waals surface area contributed by atoms with Crippen LogP contribution in [0.25, 0.3) is 11.4 Å².